The Hall–Kier alpha value is -0.930. The molecule has 2 atom stereocenters. The van der Waals surface area contributed by atoms with Gasteiger partial charge in [-0.15, -0.1) is 11.6 Å². The highest BCUT2D eigenvalue weighted by Gasteiger charge is 2.30. The maximum absolute atomic E-state index is 6.58. The SMILES string of the molecule is Cc1cc(N)c(OC2CC2)cc1C1CCN(C)CC1Cl. The summed E-state index contributed by atoms with van der Waals surface area (Å²) in [6.45, 7) is 4.15. The Kier molecular flexibility index (Phi) is 3.83. The van der Waals surface area contributed by atoms with Crippen molar-refractivity contribution < 1.29 is 4.74 Å². The first-order valence-electron chi connectivity index (χ1n) is 7.44. The molecule has 2 aliphatic rings. The van der Waals surface area contributed by atoms with Crippen LogP contribution in [0.5, 0.6) is 5.75 Å². The Morgan fingerprint density at radius 2 is 2.05 bits per heavy atom. The Bertz CT molecular complexity index is 501. The number of alkyl halides is 1. The Balaban J connectivity index is 1.87. The van der Waals surface area contributed by atoms with Gasteiger partial charge in [0.25, 0.3) is 0 Å². The molecule has 1 aliphatic heterocycles. The average molecular weight is 295 g/mol. The van der Waals surface area contributed by atoms with Gasteiger partial charge in [0.2, 0.25) is 0 Å². The molecule has 1 saturated carbocycles. The number of rotatable bonds is 3. The largest absolute Gasteiger partial charge is 0.488 e. The van der Waals surface area contributed by atoms with Gasteiger partial charge in [-0.2, -0.15) is 0 Å². The monoisotopic (exact) mass is 294 g/mol. The van der Waals surface area contributed by atoms with Crippen LogP contribution in [0.3, 0.4) is 0 Å². The normalized spacial score (nSPS) is 27.6. The molecule has 2 fully saturated rings. The molecule has 0 aromatic heterocycles. The van der Waals surface area contributed by atoms with Crippen LogP contribution >= 0.6 is 11.6 Å². The number of piperidine rings is 1. The van der Waals surface area contributed by atoms with Crippen molar-refractivity contribution in [2.45, 2.75) is 43.6 Å². The van der Waals surface area contributed by atoms with Crippen molar-refractivity contribution in [2.24, 2.45) is 0 Å². The number of hydrogen-bond donors (Lipinski definition) is 1. The van der Waals surface area contributed by atoms with Gasteiger partial charge in [-0.3, -0.25) is 0 Å². The van der Waals surface area contributed by atoms with E-state index >= 15 is 0 Å². The van der Waals surface area contributed by atoms with Crippen LogP contribution in [0.2, 0.25) is 0 Å². The summed E-state index contributed by atoms with van der Waals surface area (Å²) in [6, 6.07) is 4.17. The van der Waals surface area contributed by atoms with E-state index in [1.165, 1.54) is 11.1 Å². The molecule has 4 heteroatoms. The molecule has 0 bridgehead atoms. The quantitative estimate of drug-likeness (QED) is 0.687. The first-order chi connectivity index (χ1) is 9.54. The maximum atomic E-state index is 6.58. The molecule has 0 spiro atoms. The second kappa shape index (κ2) is 5.45. The number of nitrogens with two attached hydrogens (primary N) is 1. The lowest BCUT2D eigenvalue weighted by Crippen LogP contribution is -2.37. The van der Waals surface area contributed by atoms with Crippen LogP contribution in [0.4, 0.5) is 5.69 Å². The molecule has 3 rings (SSSR count). The van der Waals surface area contributed by atoms with Gasteiger partial charge >= 0.3 is 0 Å². The Morgan fingerprint density at radius 1 is 1.30 bits per heavy atom. The molecule has 3 nitrogen and oxygen atoms in total. The number of benzene rings is 1. The predicted octanol–water partition coefficient (Wildman–Crippen LogP) is 3.14. The number of ether oxygens (including phenoxy) is 1. The van der Waals surface area contributed by atoms with E-state index in [0.29, 0.717) is 12.0 Å². The Labute approximate surface area is 126 Å². The summed E-state index contributed by atoms with van der Waals surface area (Å²) in [5.41, 5.74) is 9.37. The second-order valence-corrected chi connectivity index (χ2v) is 6.80. The number of hydrogen-bond acceptors (Lipinski definition) is 3. The summed E-state index contributed by atoms with van der Waals surface area (Å²) in [5, 5.41) is 0.157. The maximum Gasteiger partial charge on any atom is 0.142 e. The van der Waals surface area contributed by atoms with Crippen molar-refractivity contribution in [1.82, 2.24) is 4.90 Å². The van der Waals surface area contributed by atoms with Crippen molar-refractivity contribution in [2.75, 3.05) is 25.9 Å². The number of aryl methyl sites for hydroxylation is 1. The third-order valence-corrected chi connectivity index (χ3v) is 4.80. The molecule has 20 heavy (non-hydrogen) atoms. The van der Waals surface area contributed by atoms with E-state index in [-0.39, 0.29) is 5.38 Å². The van der Waals surface area contributed by atoms with Crippen LogP contribution in [-0.2, 0) is 0 Å². The van der Waals surface area contributed by atoms with E-state index in [0.717, 1.165) is 43.8 Å². The van der Waals surface area contributed by atoms with Crippen molar-refractivity contribution in [3.8, 4) is 5.75 Å². The third-order valence-electron chi connectivity index (χ3n) is 4.36. The van der Waals surface area contributed by atoms with Crippen LogP contribution < -0.4 is 10.5 Å². The fourth-order valence-electron chi connectivity index (χ4n) is 3.00. The van der Waals surface area contributed by atoms with Crippen molar-refractivity contribution in [1.29, 1.82) is 0 Å². The average Bonchev–Trinajstić information content (AvgIpc) is 3.17. The predicted molar refractivity (Wildman–Crippen MR) is 83.7 cm³/mol. The van der Waals surface area contributed by atoms with Crippen LogP contribution in [0.25, 0.3) is 0 Å². The summed E-state index contributed by atoms with van der Waals surface area (Å²) < 4.78 is 5.92. The molecule has 2 N–H and O–H groups in total. The van der Waals surface area contributed by atoms with Gasteiger partial charge in [0.05, 0.1) is 17.2 Å². The lowest BCUT2D eigenvalue weighted by molar-refractivity contribution is 0.258. The van der Waals surface area contributed by atoms with E-state index in [2.05, 4.69) is 24.9 Å². The van der Waals surface area contributed by atoms with E-state index in [4.69, 9.17) is 22.1 Å². The lowest BCUT2D eigenvalue weighted by atomic mass is 9.86. The van der Waals surface area contributed by atoms with E-state index in [1.807, 2.05) is 6.07 Å². The smallest absolute Gasteiger partial charge is 0.142 e. The zero-order valence-electron chi connectivity index (χ0n) is 12.2. The van der Waals surface area contributed by atoms with Crippen molar-refractivity contribution in [3.63, 3.8) is 0 Å². The van der Waals surface area contributed by atoms with Gasteiger partial charge in [-0.25, -0.2) is 0 Å². The summed E-state index contributed by atoms with van der Waals surface area (Å²) in [6.07, 6.45) is 3.76. The van der Waals surface area contributed by atoms with Gasteiger partial charge in [-0.1, -0.05) is 0 Å². The number of anilines is 1. The van der Waals surface area contributed by atoms with Crippen LogP contribution in [0.15, 0.2) is 12.1 Å². The lowest BCUT2D eigenvalue weighted by Gasteiger charge is -2.34. The molecule has 110 valence electrons. The van der Waals surface area contributed by atoms with Crippen molar-refractivity contribution >= 4 is 17.3 Å². The molecule has 1 heterocycles. The van der Waals surface area contributed by atoms with Gasteiger partial charge in [0.1, 0.15) is 5.75 Å². The topological polar surface area (TPSA) is 38.5 Å². The summed E-state index contributed by atoms with van der Waals surface area (Å²) in [7, 11) is 2.13. The van der Waals surface area contributed by atoms with Crippen LogP contribution in [0.1, 0.15) is 36.3 Å². The van der Waals surface area contributed by atoms with Crippen molar-refractivity contribution in [3.05, 3.63) is 23.3 Å². The summed E-state index contributed by atoms with van der Waals surface area (Å²) >= 11 is 6.58. The highest BCUT2D eigenvalue weighted by Crippen LogP contribution is 2.39. The van der Waals surface area contributed by atoms with Gasteiger partial charge in [-0.05, 0) is 63.0 Å². The molecule has 0 radical (unpaired) electrons. The molecule has 1 aromatic rings. The standard InChI is InChI=1S/C16H23ClN2O/c1-10-7-15(18)16(20-11-3-4-11)8-13(10)12-5-6-19(2)9-14(12)17/h7-8,11-12,14H,3-6,9,18H2,1-2H3. The van der Waals surface area contributed by atoms with E-state index < -0.39 is 0 Å². The molecule has 2 unspecified atom stereocenters. The molecule has 1 aliphatic carbocycles. The minimum absolute atomic E-state index is 0.157. The van der Waals surface area contributed by atoms with E-state index in [9.17, 15) is 0 Å². The number of halogens is 1. The number of nitrogen functional groups attached to an aromatic ring is 1. The molecule has 1 aromatic carbocycles. The first kappa shape index (κ1) is 14.0. The Morgan fingerprint density at radius 3 is 2.70 bits per heavy atom. The van der Waals surface area contributed by atoms with Crippen LogP contribution in [0, 0.1) is 6.92 Å². The highest BCUT2D eigenvalue weighted by molar-refractivity contribution is 6.21. The fourth-order valence-corrected chi connectivity index (χ4v) is 3.50. The van der Waals surface area contributed by atoms with Gasteiger partial charge in [0.15, 0.2) is 0 Å². The minimum atomic E-state index is 0.157. The summed E-state index contributed by atoms with van der Waals surface area (Å²) in [5.74, 6) is 1.24. The molecular formula is C16H23ClN2O. The number of likely N-dealkylation sites (tertiary alicyclic amines) is 1. The minimum Gasteiger partial charge on any atom is -0.488 e. The van der Waals surface area contributed by atoms with E-state index in [1.54, 1.807) is 0 Å². The molecular weight excluding hydrogens is 272 g/mol. The number of nitrogens with zero attached hydrogens (tertiary/aromatic N) is 1. The molecule has 0 amide bonds. The second-order valence-electron chi connectivity index (χ2n) is 6.24. The summed E-state index contributed by atoms with van der Waals surface area (Å²) in [4.78, 5) is 2.29. The third kappa shape index (κ3) is 2.89. The highest BCUT2D eigenvalue weighted by atomic mass is 35.5. The van der Waals surface area contributed by atoms with Gasteiger partial charge in [0, 0.05) is 12.5 Å². The van der Waals surface area contributed by atoms with Gasteiger partial charge < -0.3 is 15.4 Å². The molecule has 1 saturated heterocycles. The van der Waals surface area contributed by atoms with Crippen LogP contribution in [-0.4, -0.2) is 36.5 Å². The zero-order valence-corrected chi connectivity index (χ0v) is 13.0. The zero-order chi connectivity index (χ0) is 14.3. The first-order valence-corrected chi connectivity index (χ1v) is 7.87. The fraction of sp³-hybridized carbons (Fsp3) is 0.625.